The Balaban J connectivity index is 2.87. The van der Waals surface area contributed by atoms with E-state index in [2.05, 4.69) is 31.7 Å². The molecule has 172 valence electrons. The van der Waals surface area contributed by atoms with Crippen LogP contribution in [0.4, 0.5) is 36.8 Å². The van der Waals surface area contributed by atoms with E-state index >= 15 is 0 Å². The summed E-state index contributed by atoms with van der Waals surface area (Å²) in [7, 11) is 0. The topological polar surface area (TPSA) is 72.0 Å². The molecule has 1 rings (SSSR count). The second-order valence-electron chi connectivity index (χ2n) is 5.66. The summed E-state index contributed by atoms with van der Waals surface area (Å²) in [5.41, 5.74) is 0.248. The molecule has 2 N–H and O–H groups in total. The van der Waals surface area contributed by atoms with Crippen LogP contribution in [0.3, 0.4) is 0 Å². The van der Waals surface area contributed by atoms with Crippen LogP contribution in [-0.2, 0) is 9.47 Å². The number of amides is 2. The molecular weight excluding hydrogens is 479 g/mol. The van der Waals surface area contributed by atoms with Crippen molar-refractivity contribution in [2.75, 3.05) is 18.5 Å². The van der Waals surface area contributed by atoms with E-state index in [1.165, 1.54) is 25.1 Å². The van der Waals surface area contributed by atoms with Gasteiger partial charge in [0.05, 0.1) is 10.0 Å². The Morgan fingerprint density at radius 1 is 1.10 bits per heavy atom. The van der Waals surface area contributed by atoms with Crippen LogP contribution in [0.1, 0.15) is 6.92 Å². The van der Waals surface area contributed by atoms with Gasteiger partial charge in [-0.25, -0.2) is 9.79 Å². The van der Waals surface area contributed by atoms with E-state index in [0.29, 0.717) is 6.08 Å². The lowest BCUT2D eigenvalue weighted by molar-refractivity contribution is -0.165. The van der Waals surface area contributed by atoms with E-state index in [0.717, 1.165) is 0 Å². The maximum Gasteiger partial charge on any atom is 0.422 e. The highest BCUT2D eigenvalue weighted by Crippen LogP contribution is 2.25. The van der Waals surface area contributed by atoms with E-state index < -0.39 is 43.2 Å². The molecule has 0 spiro atoms. The number of rotatable bonds is 7. The molecule has 2 amide bonds. The van der Waals surface area contributed by atoms with Crippen LogP contribution >= 0.6 is 23.2 Å². The minimum atomic E-state index is -4.75. The van der Waals surface area contributed by atoms with Gasteiger partial charge in [-0.3, -0.25) is 5.32 Å². The van der Waals surface area contributed by atoms with Crippen molar-refractivity contribution in [2.24, 2.45) is 4.99 Å². The minimum Gasteiger partial charge on any atom is -0.485 e. The highest BCUT2D eigenvalue weighted by molar-refractivity contribution is 6.42. The van der Waals surface area contributed by atoms with Crippen molar-refractivity contribution >= 4 is 40.8 Å². The van der Waals surface area contributed by atoms with Gasteiger partial charge in [-0.1, -0.05) is 29.8 Å². The monoisotopic (exact) mass is 493 g/mol. The summed E-state index contributed by atoms with van der Waals surface area (Å²) in [6, 6.07) is 3.34. The number of anilines is 1. The maximum absolute atomic E-state index is 12.4. The molecule has 0 heterocycles. The predicted molar refractivity (Wildman–Crippen MR) is 103 cm³/mol. The Kier molecular flexibility index (Phi) is 9.50. The fourth-order valence-corrected chi connectivity index (χ4v) is 2.01. The van der Waals surface area contributed by atoms with Crippen molar-refractivity contribution in [2.45, 2.75) is 19.3 Å². The zero-order valence-electron chi connectivity index (χ0n) is 15.6. The average molecular weight is 494 g/mol. The van der Waals surface area contributed by atoms with Gasteiger partial charge in [0.25, 0.3) is 0 Å². The number of hydrogen-bond acceptors (Lipinski definition) is 4. The molecule has 0 unspecified atom stereocenters. The number of halogens is 8. The molecule has 14 heteroatoms. The van der Waals surface area contributed by atoms with Crippen LogP contribution in [0.5, 0.6) is 0 Å². The average Bonchev–Trinajstić information content (AvgIpc) is 2.59. The van der Waals surface area contributed by atoms with Gasteiger partial charge >= 0.3 is 18.4 Å². The van der Waals surface area contributed by atoms with E-state index in [1.807, 2.05) is 0 Å². The van der Waals surface area contributed by atoms with Gasteiger partial charge in [-0.05, 0) is 25.1 Å². The Morgan fingerprint density at radius 3 is 2.23 bits per heavy atom. The summed E-state index contributed by atoms with van der Waals surface area (Å²) in [5.74, 6) is -1.71. The van der Waals surface area contributed by atoms with Crippen LogP contribution in [0.2, 0.25) is 10.0 Å². The zero-order chi connectivity index (χ0) is 23.8. The van der Waals surface area contributed by atoms with Crippen molar-refractivity contribution in [3.63, 3.8) is 0 Å². The first kappa shape index (κ1) is 26.4. The number of benzene rings is 1. The molecule has 0 aliphatic heterocycles. The Labute approximate surface area is 182 Å². The first-order valence-electron chi connectivity index (χ1n) is 8.02. The number of hydrogen-bond donors (Lipinski definition) is 2. The molecule has 0 aromatic heterocycles. The normalized spacial score (nSPS) is 12.9. The number of nitrogens with zero attached hydrogens (tertiary/aromatic N) is 1. The van der Waals surface area contributed by atoms with Crippen LogP contribution in [0.25, 0.3) is 0 Å². The maximum atomic E-state index is 12.4. The van der Waals surface area contributed by atoms with Crippen molar-refractivity contribution in [1.29, 1.82) is 0 Å². The highest BCUT2D eigenvalue weighted by atomic mass is 35.5. The molecule has 0 saturated carbocycles. The lowest BCUT2D eigenvalue weighted by atomic mass is 10.3. The minimum absolute atomic E-state index is 0.160. The standard InChI is InChI=1S/C17H15Cl2F6N3O3/c1-9(30-7-16(20,21)22)5-14(31-8-17(23,24)25)26-10(2)27-15(29)28-11-3-4-12(18)13(19)6-11/h3-6H,1,7-8H2,2H3,(H2,26,27,28,29)/b14-5+. The smallest absolute Gasteiger partial charge is 0.422 e. The summed E-state index contributed by atoms with van der Waals surface area (Å²) in [4.78, 5) is 15.6. The van der Waals surface area contributed by atoms with Crippen LogP contribution in [0, 0.1) is 0 Å². The largest absolute Gasteiger partial charge is 0.485 e. The molecule has 31 heavy (non-hydrogen) atoms. The first-order chi connectivity index (χ1) is 14.1. The molecule has 0 aliphatic rings. The zero-order valence-corrected chi connectivity index (χ0v) is 17.1. The molecule has 0 radical (unpaired) electrons. The predicted octanol–water partition coefficient (Wildman–Crippen LogP) is 6.05. The van der Waals surface area contributed by atoms with Gasteiger partial charge in [0, 0.05) is 11.8 Å². The van der Waals surface area contributed by atoms with Gasteiger partial charge in [0.2, 0.25) is 5.88 Å². The number of aliphatic imine (C=N–C) groups is 1. The number of carbonyl (C=O) groups excluding carboxylic acids is 1. The number of ether oxygens (including phenoxy) is 2. The van der Waals surface area contributed by atoms with Crippen molar-refractivity contribution < 1.29 is 40.6 Å². The molecule has 0 bridgehead atoms. The SMILES string of the molecule is C=C(/C=C(\N=C(/C)NC(=O)Nc1ccc(Cl)c(Cl)c1)OCC(F)(F)F)OCC(F)(F)F. The molecule has 1 aromatic carbocycles. The molecule has 6 nitrogen and oxygen atoms in total. The highest BCUT2D eigenvalue weighted by Gasteiger charge is 2.30. The second-order valence-corrected chi connectivity index (χ2v) is 6.48. The summed E-state index contributed by atoms with van der Waals surface area (Å²) < 4.78 is 82.4. The summed E-state index contributed by atoms with van der Waals surface area (Å²) in [6.07, 6.45) is -8.83. The van der Waals surface area contributed by atoms with Crippen molar-refractivity contribution in [1.82, 2.24) is 5.32 Å². The number of carbonyl (C=O) groups is 1. The van der Waals surface area contributed by atoms with E-state index in [4.69, 9.17) is 23.2 Å². The fourth-order valence-electron chi connectivity index (χ4n) is 1.71. The molecule has 0 saturated heterocycles. The van der Waals surface area contributed by atoms with Gasteiger partial charge < -0.3 is 14.8 Å². The quantitative estimate of drug-likeness (QED) is 0.160. The third-order valence-electron chi connectivity index (χ3n) is 2.84. The number of nitrogens with one attached hydrogen (secondary N) is 2. The van der Waals surface area contributed by atoms with Crippen LogP contribution < -0.4 is 10.6 Å². The molecule has 1 aromatic rings. The Hall–Kier alpha value is -2.60. The molecular formula is C17H15Cl2F6N3O3. The summed E-state index contributed by atoms with van der Waals surface area (Å²) >= 11 is 11.6. The number of amidine groups is 1. The van der Waals surface area contributed by atoms with Gasteiger partial charge in [-0.15, -0.1) is 0 Å². The fraction of sp³-hybridized carbons (Fsp3) is 0.294. The first-order valence-corrected chi connectivity index (χ1v) is 8.78. The lowest BCUT2D eigenvalue weighted by Crippen LogP contribution is -2.33. The summed E-state index contributed by atoms with van der Waals surface area (Å²) in [5, 5.41) is 4.96. The third-order valence-corrected chi connectivity index (χ3v) is 3.58. The number of urea groups is 1. The number of alkyl halides is 6. The van der Waals surface area contributed by atoms with E-state index in [1.54, 1.807) is 0 Å². The van der Waals surface area contributed by atoms with Crippen molar-refractivity contribution in [3.05, 3.63) is 52.5 Å². The van der Waals surface area contributed by atoms with E-state index in [9.17, 15) is 31.1 Å². The Bertz CT molecular complexity index is 870. The van der Waals surface area contributed by atoms with Crippen molar-refractivity contribution in [3.8, 4) is 0 Å². The third kappa shape index (κ3) is 12.0. The summed E-state index contributed by atoms with van der Waals surface area (Å²) in [6.45, 7) is 0.808. The van der Waals surface area contributed by atoms with Crippen LogP contribution in [-0.4, -0.2) is 37.4 Å². The molecule has 0 fully saturated rings. The molecule has 0 aliphatic carbocycles. The van der Waals surface area contributed by atoms with E-state index in [-0.39, 0.29) is 21.6 Å². The number of allylic oxidation sites excluding steroid dienone is 1. The van der Waals surface area contributed by atoms with Crippen LogP contribution in [0.15, 0.2) is 47.5 Å². The molecule has 0 atom stereocenters. The van der Waals surface area contributed by atoms with Gasteiger partial charge in [0.15, 0.2) is 13.2 Å². The lowest BCUT2D eigenvalue weighted by Gasteiger charge is -2.13. The van der Waals surface area contributed by atoms with Gasteiger partial charge in [-0.2, -0.15) is 26.3 Å². The van der Waals surface area contributed by atoms with Gasteiger partial charge in [0.1, 0.15) is 11.6 Å². The second kappa shape index (κ2) is 11.1. The Morgan fingerprint density at radius 2 is 1.68 bits per heavy atom.